The Bertz CT molecular complexity index is 748. The fraction of sp³-hybridized carbons (Fsp3) is 0.143. The normalized spacial score (nSPS) is 11.2. The zero-order valence-electron chi connectivity index (χ0n) is 11.4. The zero-order valence-corrected chi connectivity index (χ0v) is 13.0. The molecule has 0 saturated carbocycles. The minimum atomic E-state index is -3.92. The lowest BCUT2D eigenvalue weighted by molar-refractivity contribution is -0.386. The van der Waals surface area contributed by atoms with E-state index in [2.05, 4.69) is 10.5 Å². The Hall–Kier alpha value is -1.76. The van der Waals surface area contributed by atoms with Gasteiger partial charge in [0.1, 0.15) is 15.8 Å². The van der Waals surface area contributed by atoms with E-state index in [1.807, 2.05) is 0 Å². The van der Waals surface area contributed by atoms with Gasteiger partial charge in [-0.05, 0) is 24.3 Å². The van der Waals surface area contributed by atoms with Crippen LogP contribution in [0, 0.1) is 0 Å². The summed E-state index contributed by atoms with van der Waals surface area (Å²) in [4.78, 5) is 0.00562. The molecular formula is C14H15ClN2O3S. The first-order valence-electron chi connectivity index (χ1n) is 6.16. The lowest BCUT2D eigenvalue weighted by atomic mass is 10.2. The molecule has 112 valence electrons. The molecule has 0 radical (unpaired) electrons. The van der Waals surface area contributed by atoms with Gasteiger partial charge in [-0.1, -0.05) is 29.8 Å². The van der Waals surface area contributed by atoms with Gasteiger partial charge in [-0.25, -0.2) is 8.42 Å². The molecule has 0 unspecified atom stereocenters. The second kappa shape index (κ2) is 6.34. The van der Waals surface area contributed by atoms with Crippen molar-refractivity contribution in [3.8, 4) is 5.75 Å². The molecule has 0 saturated heterocycles. The van der Waals surface area contributed by atoms with Crippen molar-refractivity contribution in [2.24, 2.45) is 0 Å². The average Bonchev–Trinajstić information content (AvgIpc) is 2.48. The molecule has 0 aliphatic rings. The third kappa shape index (κ3) is 3.47. The number of nitrogens with zero attached hydrogens (tertiary/aromatic N) is 1. The highest BCUT2D eigenvalue weighted by atomic mass is 35.5. The Morgan fingerprint density at radius 1 is 1.24 bits per heavy atom. The molecule has 3 N–H and O–H groups in total. The van der Waals surface area contributed by atoms with Crippen LogP contribution in [0.5, 0.6) is 5.75 Å². The third-order valence-corrected chi connectivity index (χ3v) is 4.50. The van der Waals surface area contributed by atoms with Crippen molar-refractivity contribution in [2.45, 2.75) is 11.4 Å². The van der Waals surface area contributed by atoms with E-state index in [-0.39, 0.29) is 21.4 Å². The van der Waals surface area contributed by atoms with Crippen LogP contribution in [-0.2, 0) is 16.6 Å². The van der Waals surface area contributed by atoms with Gasteiger partial charge in [0.25, 0.3) is 0 Å². The molecule has 0 fully saturated rings. The summed E-state index contributed by atoms with van der Waals surface area (Å²) in [5.41, 5.74) is 4.72. The number of hydrogen-bond acceptors (Lipinski definition) is 3. The standard InChI is InChI=1S/C14H14ClN2O3S/c1-20-13-7-6-10(9-16)8-14(13)21(18,19)17-12-5-3-2-4-11(12)15/h2-8H,9,16H2,1H3/q-1/p+1. The van der Waals surface area contributed by atoms with Crippen LogP contribution in [0.25, 0.3) is 4.72 Å². The van der Waals surface area contributed by atoms with Crippen LogP contribution in [-0.4, -0.2) is 15.5 Å². The first kappa shape index (κ1) is 15.6. The summed E-state index contributed by atoms with van der Waals surface area (Å²) >= 11 is 5.95. The Kier molecular flexibility index (Phi) is 4.72. The molecule has 0 bridgehead atoms. The first-order valence-corrected chi connectivity index (χ1v) is 7.98. The van der Waals surface area contributed by atoms with Crippen molar-refractivity contribution in [2.75, 3.05) is 7.11 Å². The van der Waals surface area contributed by atoms with Crippen LogP contribution in [0.1, 0.15) is 5.56 Å². The van der Waals surface area contributed by atoms with Crippen molar-refractivity contribution in [1.29, 1.82) is 0 Å². The fourth-order valence-corrected chi connectivity index (χ4v) is 3.23. The van der Waals surface area contributed by atoms with Crippen LogP contribution < -0.4 is 10.5 Å². The van der Waals surface area contributed by atoms with E-state index < -0.39 is 10.0 Å². The van der Waals surface area contributed by atoms with Gasteiger partial charge in [-0.2, -0.15) is 0 Å². The SMILES string of the molecule is COc1ccc(C[NH3+])cc1S(=O)(=O)[N-]c1ccccc1Cl. The number of ether oxygens (including phenoxy) is 1. The smallest absolute Gasteiger partial charge is 0.136 e. The number of quaternary nitrogens is 1. The maximum absolute atomic E-state index is 12.5. The van der Waals surface area contributed by atoms with Gasteiger partial charge >= 0.3 is 0 Å². The van der Waals surface area contributed by atoms with E-state index in [1.54, 1.807) is 30.3 Å². The zero-order chi connectivity index (χ0) is 15.5. The Morgan fingerprint density at radius 3 is 2.57 bits per heavy atom. The molecular weight excluding hydrogens is 312 g/mol. The highest BCUT2D eigenvalue weighted by molar-refractivity contribution is 7.94. The largest absolute Gasteiger partial charge is 0.571 e. The molecule has 0 atom stereocenters. The lowest BCUT2D eigenvalue weighted by Gasteiger charge is -2.24. The molecule has 7 heteroatoms. The predicted molar refractivity (Wildman–Crippen MR) is 81.2 cm³/mol. The summed E-state index contributed by atoms with van der Waals surface area (Å²) in [6.07, 6.45) is 0. The Balaban J connectivity index is 2.46. The van der Waals surface area contributed by atoms with Gasteiger partial charge in [0.15, 0.2) is 0 Å². The summed E-state index contributed by atoms with van der Waals surface area (Å²) in [5.74, 6) is 0.239. The summed E-state index contributed by atoms with van der Waals surface area (Å²) in [5, 5.41) is 0.272. The topological polar surface area (TPSA) is 85.1 Å². The maximum atomic E-state index is 12.5. The molecule has 21 heavy (non-hydrogen) atoms. The van der Waals surface area contributed by atoms with E-state index in [0.717, 1.165) is 5.56 Å². The first-order chi connectivity index (χ1) is 9.97. The van der Waals surface area contributed by atoms with Crippen LogP contribution >= 0.6 is 11.6 Å². The molecule has 2 aromatic carbocycles. The van der Waals surface area contributed by atoms with Gasteiger partial charge in [0.05, 0.1) is 18.6 Å². The fourth-order valence-electron chi connectivity index (χ4n) is 1.78. The Labute approximate surface area is 128 Å². The molecule has 0 heterocycles. The molecule has 5 nitrogen and oxygen atoms in total. The summed E-state index contributed by atoms with van der Waals surface area (Å²) in [6, 6.07) is 11.4. The van der Waals surface area contributed by atoms with Gasteiger partial charge in [-0.3, -0.25) is 0 Å². The molecule has 0 aliphatic carbocycles. The van der Waals surface area contributed by atoms with Crippen molar-refractivity contribution < 1.29 is 18.9 Å². The summed E-state index contributed by atoms with van der Waals surface area (Å²) in [7, 11) is -2.51. The van der Waals surface area contributed by atoms with Crippen LogP contribution in [0.3, 0.4) is 0 Å². The number of hydrogen-bond donors (Lipinski definition) is 1. The predicted octanol–water partition coefficient (Wildman–Crippen LogP) is 2.48. The Morgan fingerprint density at radius 2 is 1.95 bits per heavy atom. The van der Waals surface area contributed by atoms with Crippen LogP contribution in [0.4, 0.5) is 5.69 Å². The summed E-state index contributed by atoms with van der Waals surface area (Å²) in [6.45, 7) is 0.471. The minimum absolute atomic E-state index is 0.00562. The quantitative estimate of drug-likeness (QED) is 0.916. The van der Waals surface area contributed by atoms with E-state index in [9.17, 15) is 8.42 Å². The number of halogens is 1. The molecule has 0 spiro atoms. The molecule has 2 rings (SSSR count). The average molecular weight is 327 g/mol. The number of sulfonamides is 1. The maximum Gasteiger partial charge on any atom is 0.136 e. The van der Waals surface area contributed by atoms with E-state index in [4.69, 9.17) is 16.3 Å². The van der Waals surface area contributed by atoms with Crippen molar-refractivity contribution >= 4 is 27.3 Å². The van der Waals surface area contributed by atoms with Gasteiger partial charge in [-0.15, -0.1) is 5.69 Å². The van der Waals surface area contributed by atoms with Gasteiger partial charge < -0.3 is 15.2 Å². The van der Waals surface area contributed by atoms with Crippen molar-refractivity contribution in [3.63, 3.8) is 0 Å². The lowest BCUT2D eigenvalue weighted by Crippen LogP contribution is -2.47. The molecule has 0 amide bonds. The number of rotatable bonds is 5. The third-order valence-electron chi connectivity index (χ3n) is 2.87. The van der Waals surface area contributed by atoms with E-state index in [0.29, 0.717) is 6.54 Å². The molecule has 2 aromatic rings. The van der Waals surface area contributed by atoms with E-state index >= 15 is 0 Å². The monoisotopic (exact) mass is 326 g/mol. The second-order valence-corrected chi connectivity index (χ2v) is 6.23. The second-order valence-electron chi connectivity index (χ2n) is 4.25. The van der Waals surface area contributed by atoms with Gasteiger partial charge in [0, 0.05) is 10.6 Å². The van der Waals surface area contributed by atoms with Crippen molar-refractivity contribution in [3.05, 3.63) is 57.8 Å². The van der Waals surface area contributed by atoms with Crippen LogP contribution in [0.2, 0.25) is 5.02 Å². The summed E-state index contributed by atoms with van der Waals surface area (Å²) < 4.78 is 33.8. The number of methoxy groups -OCH3 is 1. The highest BCUT2D eigenvalue weighted by Crippen LogP contribution is 2.36. The van der Waals surface area contributed by atoms with Crippen LogP contribution in [0.15, 0.2) is 47.4 Å². The minimum Gasteiger partial charge on any atom is -0.571 e. The molecule has 0 aliphatic heterocycles. The van der Waals surface area contributed by atoms with Gasteiger partial charge in [0.2, 0.25) is 0 Å². The highest BCUT2D eigenvalue weighted by Gasteiger charge is 2.14. The molecule has 0 aromatic heterocycles. The number of benzene rings is 2. The van der Waals surface area contributed by atoms with Crippen molar-refractivity contribution in [1.82, 2.24) is 0 Å². The van der Waals surface area contributed by atoms with E-state index in [1.165, 1.54) is 19.2 Å².